The summed E-state index contributed by atoms with van der Waals surface area (Å²) < 4.78 is 28.0. The zero-order chi connectivity index (χ0) is 19.6. The fourth-order valence-electron chi connectivity index (χ4n) is 2.29. The van der Waals surface area contributed by atoms with E-state index in [1.165, 1.54) is 11.2 Å². The first-order valence-corrected chi connectivity index (χ1v) is 11.0. The van der Waals surface area contributed by atoms with Crippen molar-refractivity contribution in [3.63, 3.8) is 0 Å². The highest BCUT2D eigenvalue weighted by Crippen LogP contribution is 1.97. The van der Waals surface area contributed by atoms with E-state index in [0.717, 1.165) is 32.8 Å². The van der Waals surface area contributed by atoms with E-state index in [9.17, 15) is 13.2 Å². The summed E-state index contributed by atoms with van der Waals surface area (Å²) in [6.07, 6.45) is 1.70. The van der Waals surface area contributed by atoms with Gasteiger partial charge < -0.3 is 20.3 Å². The first-order valence-electron chi connectivity index (χ1n) is 8.90. The summed E-state index contributed by atoms with van der Waals surface area (Å²) in [6, 6.07) is -0.0752. The maximum Gasteiger partial charge on any atom is 0.243 e. The number of nitrogens with zero attached hydrogens (tertiary/aromatic N) is 3. The number of amides is 1. The van der Waals surface area contributed by atoms with E-state index in [1.54, 1.807) is 14.1 Å². The van der Waals surface area contributed by atoms with Crippen molar-refractivity contribution in [3.8, 4) is 0 Å². The van der Waals surface area contributed by atoms with Crippen LogP contribution in [-0.4, -0.2) is 108 Å². The molecule has 1 aliphatic heterocycles. The Balaban J connectivity index is 0.00000676. The van der Waals surface area contributed by atoms with Crippen molar-refractivity contribution < 1.29 is 17.9 Å². The predicted molar refractivity (Wildman–Crippen MR) is 119 cm³/mol. The number of ether oxygens (including phenoxy) is 1. The van der Waals surface area contributed by atoms with Crippen molar-refractivity contribution >= 4 is 45.7 Å². The van der Waals surface area contributed by atoms with Crippen LogP contribution in [0, 0.1) is 0 Å². The van der Waals surface area contributed by atoms with Crippen LogP contribution in [0.1, 0.15) is 13.3 Å². The molecule has 11 heteroatoms. The lowest BCUT2D eigenvalue weighted by atomic mass is 10.3. The molecule has 1 atom stereocenters. The van der Waals surface area contributed by atoms with Crippen LogP contribution in [0.15, 0.2) is 4.99 Å². The molecule has 27 heavy (non-hydrogen) atoms. The topological polar surface area (TPSA) is 103 Å². The van der Waals surface area contributed by atoms with Gasteiger partial charge in [0.15, 0.2) is 5.96 Å². The Bertz CT molecular complexity index is 565. The van der Waals surface area contributed by atoms with Crippen LogP contribution in [0.4, 0.5) is 0 Å². The molecular formula is C16H34IN5O4S. The van der Waals surface area contributed by atoms with Gasteiger partial charge >= 0.3 is 0 Å². The molecule has 0 saturated carbocycles. The van der Waals surface area contributed by atoms with Crippen molar-refractivity contribution in [3.05, 3.63) is 0 Å². The summed E-state index contributed by atoms with van der Waals surface area (Å²) >= 11 is 0. The number of likely N-dealkylation sites (N-methyl/N-ethyl adjacent to an activating group) is 1. The number of hydrogen-bond acceptors (Lipinski definition) is 6. The lowest BCUT2D eigenvalue weighted by Crippen LogP contribution is -2.47. The van der Waals surface area contributed by atoms with Crippen molar-refractivity contribution in [1.29, 1.82) is 0 Å². The third-order valence-electron chi connectivity index (χ3n) is 4.00. The Hall–Kier alpha value is -0.660. The number of aliphatic imine (C=N–C) groups is 1. The number of halogens is 1. The molecule has 9 nitrogen and oxygen atoms in total. The second kappa shape index (κ2) is 13.5. The molecule has 2 N–H and O–H groups in total. The van der Waals surface area contributed by atoms with E-state index >= 15 is 0 Å². The standard InChI is InChI=1S/C16H33N5O4S.HI/c1-14(5-12-26(4,23)24)19-16(18-13-15(22)20(2)3)17-6-7-21-8-10-25-11-9-21;/h14H,5-13H2,1-4H3,(H2,17,18,19);1H. The minimum absolute atomic E-state index is 0. The molecule has 0 radical (unpaired) electrons. The van der Waals surface area contributed by atoms with Gasteiger partial charge in [-0.05, 0) is 13.3 Å². The lowest BCUT2D eigenvalue weighted by Gasteiger charge is -2.27. The number of nitrogens with one attached hydrogen (secondary N) is 2. The third kappa shape index (κ3) is 13.2. The molecule has 0 aromatic carbocycles. The summed E-state index contributed by atoms with van der Waals surface area (Å²) in [5.74, 6) is 0.538. The van der Waals surface area contributed by atoms with Crippen molar-refractivity contribution in [2.75, 3.05) is 72.0 Å². The van der Waals surface area contributed by atoms with Gasteiger partial charge in [0.1, 0.15) is 16.4 Å². The highest BCUT2D eigenvalue weighted by atomic mass is 127. The molecular weight excluding hydrogens is 485 g/mol. The minimum atomic E-state index is -3.00. The summed E-state index contributed by atoms with van der Waals surface area (Å²) in [7, 11) is 0.369. The highest BCUT2D eigenvalue weighted by molar-refractivity contribution is 14.0. The molecule has 160 valence electrons. The molecule has 1 aliphatic rings. The normalized spacial score (nSPS) is 17.0. The van der Waals surface area contributed by atoms with Gasteiger partial charge in [-0.2, -0.15) is 0 Å². The first-order chi connectivity index (χ1) is 12.2. The van der Waals surface area contributed by atoms with E-state index in [1.807, 2.05) is 6.92 Å². The van der Waals surface area contributed by atoms with E-state index in [4.69, 9.17) is 4.74 Å². The van der Waals surface area contributed by atoms with Gasteiger partial charge in [-0.1, -0.05) is 0 Å². The highest BCUT2D eigenvalue weighted by Gasteiger charge is 2.13. The van der Waals surface area contributed by atoms with Crippen LogP contribution >= 0.6 is 24.0 Å². The number of guanidine groups is 1. The molecule has 0 spiro atoms. The first kappa shape index (κ1) is 26.3. The fraction of sp³-hybridized carbons (Fsp3) is 0.875. The monoisotopic (exact) mass is 519 g/mol. The number of carbonyl (C=O) groups excluding carboxylic acids is 1. The molecule has 0 aliphatic carbocycles. The fourth-order valence-corrected chi connectivity index (χ4v) is 3.08. The van der Waals surface area contributed by atoms with Gasteiger partial charge in [-0.15, -0.1) is 24.0 Å². The summed E-state index contributed by atoms with van der Waals surface area (Å²) in [5.41, 5.74) is 0. The largest absolute Gasteiger partial charge is 0.379 e. The second-order valence-corrected chi connectivity index (χ2v) is 9.06. The SMILES string of the molecule is CC(CCS(C)(=O)=O)NC(=NCC(=O)N(C)C)NCCN1CCOCC1.I. The van der Waals surface area contributed by atoms with E-state index in [0.29, 0.717) is 18.9 Å². The molecule has 1 unspecified atom stereocenters. The van der Waals surface area contributed by atoms with Gasteiger partial charge in [0.05, 0.1) is 19.0 Å². The Morgan fingerprint density at radius 2 is 1.93 bits per heavy atom. The second-order valence-electron chi connectivity index (χ2n) is 6.80. The quantitative estimate of drug-likeness (QED) is 0.238. The van der Waals surface area contributed by atoms with Crippen LogP contribution in [0.25, 0.3) is 0 Å². The van der Waals surface area contributed by atoms with Gasteiger partial charge in [0.2, 0.25) is 5.91 Å². The van der Waals surface area contributed by atoms with E-state index in [2.05, 4.69) is 20.5 Å². The summed E-state index contributed by atoms with van der Waals surface area (Å²) in [5, 5.41) is 6.41. The molecule has 0 bridgehead atoms. The number of carbonyl (C=O) groups is 1. The van der Waals surface area contributed by atoms with E-state index in [-0.39, 0.29) is 48.2 Å². The Morgan fingerprint density at radius 3 is 2.48 bits per heavy atom. The van der Waals surface area contributed by atoms with Gasteiger partial charge in [-0.25, -0.2) is 13.4 Å². The predicted octanol–water partition coefficient (Wildman–Crippen LogP) is -0.617. The van der Waals surface area contributed by atoms with Crippen LogP contribution in [-0.2, 0) is 19.4 Å². The number of morpholine rings is 1. The van der Waals surface area contributed by atoms with Crippen LogP contribution in [0.2, 0.25) is 0 Å². The van der Waals surface area contributed by atoms with Crippen molar-refractivity contribution in [2.45, 2.75) is 19.4 Å². The smallest absolute Gasteiger partial charge is 0.243 e. The van der Waals surface area contributed by atoms with Crippen LogP contribution in [0.3, 0.4) is 0 Å². The van der Waals surface area contributed by atoms with Crippen molar-refractivity contribution in [2.24, 2.45) is 4.99 Å². The maximum atomic E-state index is 11.8. The average Bonchev–Trinajstić information content (AvgIpc) is 2.57. The summed E-state index contributed by atoms with van der Waals surface area (Å²) in [4.78, 5) is 19.9. The Labute approximate surface area is 180 Å². The van der Waals surface area contributed by atoms with Crippen LogP contribution < -0.4 is 10.6 Å². The Morgan fingerprint density at radius 1 is 1.30 bits per heavy atom. The molecule has 1 fully saturated rings. The molecule has 0 aromatic heterocycles. The average molecular weight is 519 g/mol. The molecule has 0 aromatic rings. The zero-order valence-corrected chi connectivity index (χ0v) is 19.9. The molecule has 1 amide bonds. The lowest BCUT2D eigenvalue weighted by molar-refractivity contribution is -0.127. The molecule has 1 heterocycles. The molecule has 1 saturated heterocycles. The van der Waals surface area contributed by atoms with Crippen molar-refractivity contribution in [1.82, 2.24) is 20.4 Å². The number of hydrogen-bond donors (Lipinski definition) is 2. The Kier molecular flexibility index (Phi) is 13.2. The number of rotatable bonds is 9. The van der Waals surface area contributed by atoms with Crippen LogP contribution in [0.5, 0.6) is 0 Å². The zero-order valence-electron chi connectivity index (χ0n) is 16.7. The van der Waals surface area contributed by atoms with Gasteiger partial charge in [0.25, 0.3) is 0 Å². The summed E-state index contributed by atoms with van der Waals surface area (Å²) in [6.45, 7) is 6.79. The van der Waals surface area contributed by atoms with E-state index < -0.39 is 9.84 Å². The number of sulfone groups is 1. The van der Waals surface area contributed by atoms with Gasteiger partial charge in [0, 0.05) is 52.6 Å². The molecule has 1 rings (SSSR count). The third-order valence-corrected chi connectivity index (χ3v) is 4.98. The maximum absolute atomic E-state index is 11.8. The van der Waals surface area contributed by atoms with Gasteiger partial charge in [-0.3, -0.25) is 9.69 Å². The minimum Gasteiger partial charge on any atom is -0.379 e.